The quantitative estimate of drug-likeness (QED) is 0.201. The summed E-state index contributed by atoms with van der Waals surface area (Å²) in [5.41, 5.74) is 7.25. The first-order valence-corrected chi connectivity index (χ1v) is 10.5. The second-order valence-corrected chi connectivity index (χ2v) is 8.05. The zero-order chi connectivity index (χ0) is 21.6. The van der Waals surface area contributed by atoms with Gasteiger partial charge in [-0.2, -0.15) is 18.6 Å². The molecule has 0 amide bonds. The molecule has 0 aliphatic rings. The molecule has 0 aromatic heterocycles. The van der Waals surface area contributed by atoms with Gasteiger partial charge in [-0.1, -0.05) is 18.2 Å². The lowest BCUT2D eigenvalue weighted by Crippen LogP contribution is -2.30. The number of nitrogens with zero attached hydrogens (tertiary/aromatic N) is 2. The van der Waals surface area contributed by atoms with Crippen molar-refractivity contribution in [2.24, 2.45) is 10.2 Å². The summed E-state index contributed by atoms with van der Waals surface area (Å²) >= 11 is 10.2. The Bertz CT molecular complexity index is 1110. The highest BCUT2D eigenvalue weighted by molar-refractivity contribution is 7.85. The Morgan fingerprint density at radius 2 is 1.62 bits per heavy atom. The fourth-order valence-corrected chi connectivity index (χ4v) is 2.89. The van der Waals surface area contributed by atoms with Crippen LogP contribution in [-0.2, 0) is 10.1 Å². The van der Waals surface area contributed by atoms with Crippen molar-refractivity contribution in [1.29, 1.82) is 0 Å². The van der Waals surface area contributed by atoms with Crippen LogP contribution in [0.25, 0.3) is 10.8 Å². The SMILES string of the molecule is CNC(=S)NN=C(C)C(C)=NNC(=S)Nc1cccc2cc(S(=O)(=O)O)ccc12. The van der Waals surface area contributed by atoms with E-state index >= 15 is 0 Å². The topological polar surface area (TPSA) is 127 Å². The van der Waals surface area contributed by atoms with Crippen LogP contribution < -0.4 is 21.5 Å². The summed E-state index contributed by atoms with van der Waals surface area (Å²) in [5.74, 6) is 0. The molecule has 0 unspecified atom stereocenters. The molecular formula is C17H20N6O3S3. The van der Waals surface area contributed by atoms with Gasteiger partial charge in [0.15, 0.2) is 10.2 Å². The monoisotopic (exact) mass is 452 g/mol. The lowest BCUT2D eigenvalue weighted by molar-refractivity contribution is 0.483. The van der Waals surface area contributed by atoms with Crippen LogP contribution in [0.5, 0.6) is 0 Å². The summed E-state index contributed by atoms with van der Waals surface area (Å²) in [7, 11) is -2.59. The molecule has 154 valence electrons. The molecule has 29 heavy (non-hydrogen) atoms. The number of rotatable bonds is 5. The first-order chi connectivity index (χ1) is 13.6. The van der Waals surface area contributed by atoms with Gasteiger partial charge in [-0.15, -0.1) is 0 Å². The average Bonchev–Trinajstić information content (AvgIpc) is 2.69. The Labute approximate surface area is 179 Å². The van der Waals surface area contributed by atoms with E-state index in [0.29, 0.717) is 27.6 Å². The third-order valence-corrected chi connectivity index (χ3v) is 5.14. The van der Waals surface area contributed by atoms with Gasteiger partial charge in [0.2, 0.25) is 0 Å². The molecule has 0 aliphatic heterocycles. The fraction of sp³-hybridized carbons (Fsp3) is 0.176. The van der Waals surface area contributed by atoms with Crippen molar-refractivity contribution in [2.45, 2.75) is 18.7 Å². The van der Waals surface area contributed by atoms with E-state index in [1.165, 1.54) is 12.1 Å². The van der Waals surface area contributed by atoms with Crippen LogP contribution in [0.2, 0.25) is 0 Å². The van der Waals surface area contributed by atoms with E-state index in [1.807, 2.05) is 0 Å². The zero-order valence-electron chi connectivity index (χ0n) is 15.8. The molecule has 0 saturated carbocycles. The summed E-state index contributed by atoms with van der Waals surface area (Å²) in [6, 6.07) is 9.56. The van der Waals surface area contributed by atoms with Gasteiger partial charge in [-0.25, -0.2) is 0 Å². The largest absolute Gasteiger partial charge is 0.364 e. The number of thiocarbonyl (C=S) groups is 2. The van der Waals surface area contributed by atoms with Crippen LogP contribution in [-0.4, -0.2) is 41.7 Å². The Kier molecular flexibility index (Phi) is 7.56. The van der Waals surface area contributed by atoms with E-state index in [1.54, 1.807) is 45.2 Å². The third-order valence-electron chi connectivity index (χ3n) is 3.80. The Balaban J connectivity index is 2.12. The van der Waals surface area contributed by atoms with Gasteiger partial charge in [-0.3, -0.25) is 15.4 Å². The van der Waals surface area contributed by atoms with Gasteiger partial charge in [0.25, 0.3) is 10.1 Å². The van der Waals surface area contributed by atoms with Crippen LogP contribution >= 0.6 is 24.4 Å². The maximum atomic E-state index is 11.3. The summed E-state index contributed by atoms with van der Waals surface area (Å²) in [5, 5.41) is 16.0. The minimum atomic E-state index is -4.27. The molecule has 9 nitrogen and oxygen atoms in total. The second kappa shape index (κ2) is 9.69. The van der Waals surface area contributed by atoms with E-state index in [-0.39, 0.29) is 10.0 Å². The number of anilines is 1. The van der Waals surface area contributed by atoms with E-state index in [9.17, 15) is 13.0 Å². The molecular weight excluding hydrogens is 432 g/mol. The number of hydrogen-bond acceptors (Lipinski definition) is 6. The van der Waals surface area contributed by atoms with Crippen molar-refractivity contribution in [3.63, 3.8) is 0 Å². The standard InChI is InChI=1S/C17H20N6O3S3/c1-10(20-22-16(27)18-3)11(2)21-23-17(28)19-15-6-4-5-12-9-13(29(24,25)26)7-8-14(12)15/h4-9H,1-3H3,(H2,18,22,27)(H2,19,23,28)(H,24,25,26). The molecule has 0 spiro atoms. The third kappa shape index (κ3) is 6.42. The van der Waals surface area contributed by atoms with Crippen molar-refractivity contribution in [2.75, 3.05) is 12.4 Å². The molecule has 2 aromatic rings. The van der Waals surface area contributed by atoms with E-state index in [0.717, 1.165) is 5.39 Å². The predicted molar refractivity (Wildman–Crippen MR) is 124 cm³/mol. The molecule has 2 rings (SSSR count). The van der Waals surface area contributed by atoms with Gasteiger partial charge in [0, 0.05) is 18.1 Å². The maximum Gasteiger partial charge on any atom is 0.294 e. The number of nitrogens with one attached hydrogen (secondary N) is 4. The van der Waals surface area contributed by atoms with Gasteiger partial charge >= 0.3 is 0 Å². The average molecular weight is 453 g/mol. The molecule has 12 heteroatoms. The summed E-state index contributed by atoms with van der Waals surface area (Å²) in [6.45, 7) is 3.52. The highest BCUT2D eigenvalue weighted by atomic mass is 32.2. The minimum absolute atomic E-state index is 0.177. The molecule has 0 heterocycles. The summed E-state index contributed by atoms with van der Waals surface area (Å²) in [6.07, 6.45) is 0. The molecule has 0 aliphatic carbocycles. The molecule has 0 atom stereocenters. The van der Waals surface area contributed by atoms with E-state index in [4.69, 9.17) is 24.4 Å². The number of fused-ring (bicyclic) bond motifs is 1. The Morgan fingerprint density at radius 3 is 2.21 bits per heavy atom. The molecule has 0 bridgehead atoms. The zero-order valence-corrected chi connectivity index (χ0v) is 18.3. The first-order valence-electron chi connectivity index (χ1n) is 8.25. The normalized spacial score (nSPS) is 12.4. The van der Waals surface area contributed by atoms with Crippen LogP contribution in [0.3, 0.4) is 0 Å². The molecule has 0 saturated heterocycles. The first kappa shape index (κ1) is 22.6. The maximum absolute atomic E-state index is 11.3. The van der Waals surface area contributed by atoms with Crippen molar-refractivity contribution in [1.82, 2.24) is 16.2 Å². The lowest BCUT2D eigenvalue weighted by Gasteiger charge is -2.11. The number of hydrogen-bond donors (Lipinski definition) is 5. The van der Waals surface area contributed by atoms with Gasteiger partial charge in [0.1, 0.15) is 0 Å². The van der Waals surface area contributed by atoms with Gasteiger partial charge in [-0.05, 0) is 61.9 Å². The smallest absolute Gasteiger partial charge is 0.294 e. The molecule has 0 radical (unpaired) electrons. The summed E-state index contributed by atoms with van der Waals surface area (Å²) < 4.78 is 31.8. The van der Waals surface area contributed by atoms with Gasteiger partial charge in [0.05, 0.1) is 16.3 Å². The van der Waals surface area contributed by atoms with Crippen molar-refractivity contribution in [3.05, 3.63) is 36.4 Å². The van der Waals surface area contributed by atoms with Crippen molar-refractivity contribution in [3.8, 4) is 0 Å². The van der Waals surface area contributed by atoms with E-state index < -0.39 is 10.1 Å². The number of hydrazone groups is 2. The lowest BCUT2D eigenvalue weighted by atomic mass is 10.1. The van der Waals surface area contributed by atoms with Crippen LogP contribution in [0.4, 0.5) is 5.69 Å². The Morgan fingerprint density at radius 1 is 1.00 bits per heavy atom. The predicted octanol–water partition coefficient (Wildman–Crippen LogP) is 2.22. The Hall–Kier alpha value is -2.67. The molecule has 0 fully saturated rings. The molecule has 2 aromatic carbocycles. The van der Waals surface area contributed by atoms with Crippen LogP contribution in [0, 0.1) is 0 Å². The van der Waals surface area contributed by atoms with Crippen LogP contribution in [0.15, 0.2) is 51.5 Å². The van der Waals surface area contributed by atoms with E-state index in [2.05, 4.69) is 31.7 Å². The van der Waals surface area contributed by atoms with Crippen LogP contribution in [0.1, 0.15) is 13.8 Å². The van der Waals surface area contributed by atoms with Crippen molar-refractivity contribution >= 4 is 72.7 Å². The minimum Gasteiger partial charge on any atom is -0.364 e. The highest BCUT2D eigenvalue weighted by Gasteiger charge is 2.11. The fourth-order valence-electron chi connectivity index (χ4n) is 2.17. The highest BCUT2D eigenvalue weighted by Crippen LogP contribution is 2.26. The summed E-state index contributed by atoms with van der Waals surface area (Å²) in [4.78, 5) is -0.177. The number of benzene rings is 2. The second-order valence-electron chi connectivity index (χ2n) is 5.81. The van der Waals surface area contributed by atoms with Crippen molar-refractivity contribution < 1.29 is 13.0 Å². The molecule has 5 N–H and O–H groups in total. The van der Waals surface area contributed by atoms with Gasteiger partial charge < -0.3 is 10.6 Å².